The first kappa shape index (κ1) is 25.6. The average Bonchev–Trinajstić information content (AvgIpc) is 2.63. The Balaban J connectivity index is 3.13. The lowest BCUT2D eigenvalue weighted by Gasteiger charge is -2.45. The number of carbonyl (C=O) groups excluding carboxylic acids is 1. The number of benzene rings is 1. The van der Waals surface area contributed by atoms with Gasteiger partial charge >= 0.3 is 0 Å². The van der Waals surface area contributed by atoms with Gasteiger partial charge in [0.1, 0.15) is 0 Å². The lowest BCUT2D eigenvalue weighted by atomic mass is 9.93. The monoisotopic (exact) mass is 405 g/mol. The van der Waals surface area contributed by atoms with Crippen LogP contribution in [0.4, 0.5) is 0 Å². The predicted molar refractivity (Wildman–Crippen MR) is 121 cm³/mol. The molecule has 0 saturated heterocycles. The molecule has 1 atom stereocenters. The molecule has 0 aliphatic carbocycles. The van der Waals surface area contributed by atoms with Crippen LogP contribution in [-0.2, 0) is 9.47 Å². The molecule has 0 spiro atoms. The summed E-state index contributed by atoms with van der Waals surface area (Å²) in [7, 11) is 0. The lowest BCUT2D eigenvalue weighted by Crippen LogP contribution is -2.55. The van der Waals surface area contributed by atoms with Crippen molar-refractivity contribution in [1.82, 2.24) is 4.90 Å². The molecule has 0 aliphatic rings. The fraction of sp³-hybridized carbons (Fsp3) is 0.720. The van der Waals surface area contributed by atoms with Crippen LogP contribution in [0.3, 0.4) is 0 Å². The van der Waals surface area contributed by atoms with Crippen LogP contribution in [0.25, 0.3) is 0 Å². The summed E-state index contributed by atoms with van der Waals surface area (Å²) < 4.78 is 12.2. The Labute approximate surface area is 179 Å². The van der Waals surface area contributed by atoms with Gasteiger partial charge in [-0.2, -0.15) is 0 Å². The normalized spacial score (nSPS) is 14.0. The minimum absolute atomic E-state index is 0.00170. The van der Waals surface area contributed by atoms with E-state index in [9.17, 15) is 4.79 Å². The number of rotatable bonds is 11. The highest BCUT2D eigenvalue weighted by molar-refractivity contribution is 5.94. The number of nitrogens with zero attached hydrogens (tertiary/aromatic N) is 1. The van der Waals surface area contributed by atoms with Crippen molar-refractivity contribution >= 4 is 5.91 Å². The summed E-state index contributed by atoms with van der Waals surface area (Å²) in [4.78, 5) is 15.6. The van der Waals surface area contributed by atoms with Crippen molar-refractivity contribution < 1.29 is 14.3 Å². The molecule has 1 amide bonds. The predicted octanol–water partition coefficient (Wildman–Crippen LogP) is 6.10. The third-order valence-corrected chi connectivity index (χ3v) is 5.49. The van der Waals surface area contributed by atoms with E-state index in [0.717, 1.165) is 19.3 Å². The van der Waals surface area contributed by atoms with Gasteiger partial charge in [0.25, 0.3) is 5.91 Å². The molecule has 1 aromatic rings. The van der Waals surface area contributed by atoms with Gasteiger partial charge in [-0.05, 0) is 79.9 Å². The van der Waals surface area contributed by atoms with E-state index in [1.54, 1.807) is 0 Å². The second-order valence-electron chi connectivity index (χ2n) is 10.1. The SMILES string of the molecule is CCC(COC(C)(C)CC)N(C(=O)c1ccccc1)C(C)(C)CCOC(C)(C)C. The van der Waals surface area contributed by atoms with Gasteiger partial charge in [0.2, 0.25) is 0 Å². The summed E-state index contributed by atoms with van der Waals surface area (Å²) in [6, 6.07) is 9.55. The fourth-order valence-corrected chi connectivity index (χ4v) is 3.18. The topological polar surface area (TPSA) is 38.8 Å². The fourth-order valence-electron chi connectivity index (χ4n) is 3.18. The molecule has 1 unspecified atom stereocenters. The van der Waals surface area contributed by atoms with Gasteiger partial charge in [-0.25, -0.2) is 0 Å². The maximum atomic E-state index is 13.6. The molecule has 0 N–H and O–H groups in total. The summed E-state index contributed by atoms with van der Waals surface area (Å²) in [5, 5.41) is 0. The summed E-state index contributed by atoms with van der Waals surface area (Å²) >= 11 is 0. The molecule has 0 fully saturated rings. The van der Waals surface area contributed by atoms with Crippen LogP contribution in [0.15, 0.2) is 30.3 Å². The largest absolute Gasteiger partial charge is 0.376 e. The second-order valence-corrected chi connectivity index (χ2v) is 10.1. The average molecular weight is 406 g/mol. The van der Waals surface area contributed by atoms with E-state index < -0.39 is 0 Å². The maximum Gasteiger partial charge on any atom is 0.254 e. The Bertz CT molecular complexity index is 617. The molecule has 0 bridgehead atoms. The molecule has 166 valence electrons. The third kappa shape index (κ3) is 8.47. The van der Waals surface area contributed by atoms with Crippen LogP contribution in [0.2, 0.25) is 0 Å². The molecule has 0 saturated carbocycles. The van der Waals surface area contributed by atoms with Gasteiger partial charge in [-0.1, -0.05) is 32.0 Å². The summed E-state index contributed by atoms with van der Waals surface area (Å²) in [5.41, 5.74) is -0.0408. The molecule has 29 heavy (non-hydrogen) atoms. The van der Waals surface area contributed by atoms with Crippen LogP contribution in [0.1, 0.15) is 91.9 Å². The van der Waals surface area contributed by atoms with Crippen molar-refractivity contribution in [2.45, 2.75) is 104 Å². The minimum Gasteiger partial charge on any atom is -0.376 e. The van der Waals surface area contributed by atoms with Crippen LogP contribution in [-0.4, -0.2) is 46.8 Å². The van der Waals surface area contributed by atoms with Gasteiger partial charge < -0.3 is 14.4 Å². The molecule has 0 heterocycles. The molecule has 1 aromatic carbocycles. The first-order valence-corrected chi connectivity index (χ1v) is 11.0. The van der Waals surface area contributed by atoms with E-state index in [1.165, 1.54) is 0 Å². The first-order valence-electron chi connectivity index (χ1n) is 11.0. The van der Waals surface area contributed by atoms with Gasteiger partial charge in [0.05, 0.1) is 23.9 Å². The van der Waals surface area contributed by atoms with Crippen molar-refractivity contribution in [1.29, 1.82) is 0 Å². The Morgan fingerprint density at radius 2 is 1.55 bits per heavy atom. The van der Waals surface area contributed by atoms with Crippen molar-refractivity contribution in [3.63, 3.8) is 0 Å². The van der Waals surface area contributed by atoms with Crippen molar-refractivity contribution in [3.8, 4) is 0 Å². The van der Waals surface area contributed by atoms with Gasteiger partial charge in [-0.3, -0.25) is 4.79 Å². The van der Waals surface area contributed by atoms with E-state index in [4.69, 9.17) is 9.47 Å². The highest BCUT2D eigenvalue weighted by Gasteiger charge is 2.37. The van der Waals surface area contributed by atoms with Crippen molar-refractivity contribution in [2.24, 2.45) is 0 Å². The van der Waals surface area contributed by atoms with E-state index in [-0.39, 0.29) is 28.7 Å². The lowest BCUT2D eigenvalue weighted by molar-refractivity contribution is -0.0661. The number of amides is 1. The van der Waals surface area contributed by atoms with E-state index in [1.807, 2.05) is 35.2 Å². The zero-order chi connectivity index (χ0) is 22.3. The Morgan fingerprint density at radius 3 is 2.03 bits per heavy atom. The van der Waals surface area contributed by atoms with Gasteiger partial charge in [0.15, 0.2) is 0 Å². The Hall–Kier alpha value is -1.39. The van der Waals surface area contributed by atoms with E-state index >= 15 is 0 Å². The van der Waals surface area contributed by atoms with Crippen molar-refractivity contribution in [3.05, 3.63) is 35.9 Å². The zero-order valence-electron chi connectivity index (χ0n) is 20.2. The molecular weight excluding hydrogens is 362 g/mol. The molecule has 0 radical (unpaired) electrons. The second kappa shape index (κ2) is 10.6. The Morgan fingerprint density at radius 1 is 0.966 bits per heavy atom. The van der Waals surface area contributed by atoms with E-state index in [2.05, 4.69) is 62.3 Å². The standard InChI is InChI=1S/C25H43NO3/c1-10-21(19-29-25(8,9)11-2)26(22(27)20-15-13-12-14-16-20)24(6,7)17-18-28-23(3,4)5/h12-16,21H,10-11,17-19H2,1-9H3. The quantitative estimate of drug-likeness (QED) is 0.447. The molecule has 4 nitrogen and oxygen atoms in total. The molecule has 1 rings (SSSR count). The van der Waals surface area contributed by atoms with Crippen LogP contribution >= 0.6 is 0 Å². The highest BCUT2D eigenvalue weighted by Crippen LogP contribution is 2.28. The summed E-state index contributed by atoms with van der Waals surface area (Å²) in [6.45, 7) is 20.0. The molecular formula is C25H43NO3. The molecule has 0 aliphatic heterocycles. The minimum atomic E-state index is -0.363. The van der Waals surface area contributed by atoms with Gasteiger partial charge in [-0.15, -0.1) is 0 Å². The molecule has 0 aromatic heterocycles. The smallest absolute Gasteiger partial charge is 0.254 e. The zero-order valence-corrected chi connectivity index (χ0v) is 20.2. The summed E-state index contributed by atoms with van der Waals surface area (Å²) in [5.74, 6) is 0.0520. The Kier molecular flexibility index (Phi) is 9.36. The highest BCUT2D eigenvalue weighted by atomic mass is 16.5. The first-order chi connectivity index (χ1) is 13.3. The van der Waals surface area contributed by atoms with Gasteiger partial charge in [0, 0.05) is 17.7 Å². The number of hydrogen-bond donors (Lipinski definition) is 0. The van der Waals surface area contributed by atoms with Crippen LogP contribution in [0, 0.1) is 0 Å². The van der Waals surface area contributed by atoms with Crippen molar-refractivity contribution in [2.75, 3.05) is 13.2 Å². The summed E-state index contributed by atoms with van der Waals surface area (Å²) in [6.07, 6.45) is 2.53. The number of ether oxygens (including phenoxy) is 2. The maximum absolute atomic E-state index is 13.6. The van der Waals surface area contributed by atoms with Crippen LogP contribution < -0.4 is 0 Å². The van der Waals surface area contributed by atoms with Crippen LogP contribution in [0.5, 0.6) is 0 Å². The third-order valence-electron chi connectivity index (χ3n) is 5.49. The van der Waals surface area contributed by atoms with E-state index in [0.29, 0.717) is 18.8 Å². The number of hydrogen-bond acceptors (Lipinski definition) is 3. The molecule has 4 heteroatoms. The number of carbonyl (C=O) groups is 1.